The number of amides is 4. The van der Waals surface area contributed by atoms with Gasteiger partial charge in [-0.05, 0) is 78.0 Å². The molecule has 1 aromatic carbocycles. The van der Waals surface area contributed by atoms with Gasteiger partial charge < -0.3 is 25.6 Å². The van der Waals surface area contributed by atoms with Crippen LogP contribution in [0.25, 0.3) is 0 Å². The van der Waals surface area contributed by atoms with Crippen LogP contribution in [0.1, 0.15) is 81.9 Å². The van der Waals surface area contributed by atoms with Gasteiger partial charge in [0.1, 0.15) is 11.3 Å². The summed E-state index contributed by atoms with van der Waals surface area (Å²) in [7, 11) is 3.96. The third kappa shape index (κ3) is 12.2. The van der Waals surface area contributed by atoms with Crippen molar-refractivity contribution in [3.63, 3.8) is 0 Å². The molecule has 1 atom stereocenters. The number of anilines is 2. The summed E-state index contributed by atoms with van der Waals surface area (Å²) in [6, 6.07) is 9.81. The summed E-state index contributed by atoms with van der Waals surface area (Å²) in [5, 5.41) is 11.4. The molecule has 10 heteroatoms. The Morgan fingerprint density at radius 2 is 1.67 bits per heavy atom. The molecule has 0 radical (unpaired) electrons. The first-order valence-corrected chi connectivity index (χ1v) is 13.5. The molecule has 0 bridgehead atoms. The number of nitrogens with zero attached hydrogens (tertiary/aromatic N) is 2. The van der Waals surface area contributed by atoms with Crippen LogP contribution in [0, 0.1) is 0 Å². The lowest BCUT2D eigenvalue weighted by atomic mass is 10.1. The van der Waals surface area contributed by atoms with Crippen LogP contribution in [0.5, 0.6) is 0 Å². The first-order valence-electron chi connectivity index (χ1n) is 13.5. The van der Waals surface area contributed by atoms with Gasteiger partial charge in [0.15, 0.2) is 0 Å². The fourth-order valence-electron chi connectivity index (χ4n) is 3.72. The number of nitrogens with one attached hydrogen (secondary N) is 4. The molecule has 1 unspecified atom stereocenters. The zero-order valence-electron chi connectivity index (χ0n) is 24.1. The maximum Gasteiger partial charge on any atom is 0.412 e. The van der Waals surface area contributed by atoms with Crippen LogP contribution < -0.4 is 21.3 Å². The highest BCUT2D eigenvalue weighted by Crippen LogP contribution is 2.23. The third-order valence-corrected chi connectivity index (χ3v) is 5.72. The first kappa shape index (κ1) is 31.6. The molecule has 4 N–H and O–H groups in total. The molecule has 39 heavy (non-hydrogen) atoms. The van der Waals surface area contributed by atoms with Crippen molar-refractivity contribution < 1.29 is 19.1 Å². The Kier molecular flexibility index (Phi) is 12.7. The van der Waals surface area contributed by atoms with Gasteiger partial charge in [-0.2, -0.15) is 0 Å². The van der Waals surface area contributed by atoms with E-state index in [0.717, 1.165) is 37.8 Å². The Morgan fingerprint density at radius 3 is 2.26 bits per heavy atom. The molecular weight excluding hydrogens is 496 g/mol. The quantitative estimate of drug-likeness (QED) is 0.247. The number of ether oxygens (including phenoxy) is 1. The van der Waals surface area contributed by atoms with E-state index in [9.17, 15) is 14.4 Å². The van der Waals surface area contributed by atoms with Gasteiger partial charge in [-0.25, -0.2) is 9.59 Å². The zero-order valence-corrected chi connectivity index (χ0v) is 24.1. The Labute approximate surface area is 232 Å². The van der Waals surface area contributed by atoms with Gasteiger partial charge in [0.2, 0.25) is 0 Å². The lowest BCUT2D eigenvalue weighted by Gasteiger charge is -2.21. The molecule has 10 nitrogen and oxygen atoms in total. The van der Waals surface area contributed by atoms with Crippen molar-refractivity contribution in [3.05, 3.63) is 53.9 Å². The average Bonchev–Trinajstić information content (AvgIpc) is 2.86. The van der Waals surface area contributed by atoms with Gasteiger partial charge in [-0.1, -0.05) is 44.4 Å². The maximum absolute atomic E-state index is 12.9. The molecule has 0 aliphatic rings. The van der Waals surface area contributed by atoms with Gasteiger partial charge in [0.25, 0.3) is 5.91 Å². The minimum Gasteiger partial charge on any atom is -0.444 e. The smallest absolute Gasteiger partial charge is 0.412 e. The monoisotopic (exact) mass is 540 g/mol. The Balaban J connectivity index is 2.06. The van der Waals surface area contributed by atoms with Crippen molar-refractivity contribution in [1.29, 1.82) is 0 Å². The molecular formula is C29H44N6O4. The second kappa shape index (κ2) is 15.7. The summed E-state index contributed by atoms with van der Waals surface area (Å²) in [6.07, 6.45) is 6.03. The topological polar surface area (TPSA) is 125 Å². The number of carbonyl (C=O) groups is 3. The number of benzene rings is 1. The van der Waals surface area contributed by atoms with Crippen molar-refractivity contribution in [2.45, 2.75) is 71.4 Å². The number of rotatable bonds is 13. The standard InChI is InChI=1S/C29H44N6O4/c1-7-8-9-12-18-30-27(37)33-22(17-19-35(5)6)21-15-16-25(31-20-21)26(36)32-23-13-10-11-14-24(23)34-28(38)39-29(2,3)4/h10-11,13-16,20,22H,7-9,12,17-19H2,1-6H3,(H,32,36)(H,34,38)(H2,30,33,37). The largest absolute Gasteiger partial charge is 0.444 e. The summed E-state index contributed by atoms with van der Waals surface area (Å²) in [6.45, 7) is 8.88. The fourth-order valence-corrected chi connectivity index (χ4v) is 3.72. The molecule has 214 valence electrons. The number of para-hydroxylation sites is 2. The summed E-state index contributed by atoms with van der Waals surface area (Å²) in [5.41, 5.74) is 1.19. The minimum absolute atomic E-state index is 0.206. The lowest BCUT2D eigenvalue weighted by Crippen LogP contribution is -2.39. The van der Waals surface area contributed by atoms with Crippen molar-refractivity contribution in [3.8, 4) is 0 Å². The predicted octanol–water partition coefficient (Wildman–Crippen LogP) is 5.55. The SMILES string of the molecule is CCCCCCNC(=O)NC(CCN(C)C)c1ccc(C(=O)Nc2ccccc2NC(=O)OC(C)(C)C)nc1. The van der Waals surface area contributed by atoms with Gasteiger partial charge in [0.05, 0.1) is 17.4 Å². The molecule has 1 heterocycles. The second-order valence-electron chi connectivity index (χ2n) is 10.7. The zero-order chi connectivity index (χ0) is 28.8. The van der Waals surface area contributed by atoms with E-state index in [1.54, 1.807) is 63.4 Å². The van der Waals surface area contributed by atoms with E-state index in [4.69, 9.17) is 4.74 Å². The number of aromatic nitrogens is 1. The van der Waals surface area contributed by atoms with E-state index in [0.29, 0.717) is 24.3 Å². The Hall–Kier alpha value is -3.66. The summed E-state index contributed by atoms with van der Waals surface area (Å²) >= 11 is 0. The number of unbranched alkanes of at least 4 members (excludes halogenated alkanes) is 3. The van der Waals surface area contributed by atoms with E-state index in [-0.39, 0.29) is 17.8 Å². The van der Waals surface area contributed by atoms with Crippen LogP contribution in [0.15, 0.2) is 42.6 Å². The molecule has 0 aliphatic carbocycles. The third-order valence-electron chi connectivity index (χ3n) is 5.72. The number of urea groups is 1. The lowest BCUT2D eigenvalue weighted by molar-refractivity contribution is 0.0635. The molecule has 2 aromatic rings. The highest BCUT2D eigenvalue weighted by Gasteiger charge is 2.19. The van der Waals surface area contributed by atoms with E-state index in [1.165, 1.54) is 0 Å². The first-order chi connectivity index (χ1) is 18.5. The molecule has 1 aromatic heterocycles. The number of hydrogen-bond donors (Lipinski definition) is 4. The molecule has 0 fully saturated rings. The van der Waals surface area contributed by atoms with Crippen molar-refractivity contribution in [1.82, 2.24) is 20.5 Å². The van der Waals surface area contributed by atoms with E-state index in [2.05, 4.69) is 38.1 Å². The summed E-state index contributed by atoms with van der Waals surface area (Å²) in [4.78, 5) is 44.1. The fraction of sp³-hybridized carbons (Fsp3) is 0.517. The highest BCUT2D eigenvalue weighted by atomic mass is 16.6. The van der Waals surface area contributed by atoms with Crippen LogP contribution in [-0.2, 0) is 4.74 Å². The van der Waals surface area contributed by atoms with E-state index >= 15 is 0 Å². The Morgan fingerprint density at radius 1 is 0.974 bits per heavy atom. The Bertz CT molecular complexity index is 1070. The van der Waals surface area contributed by atoms with Crippen molar-refractivity contribution in [2.75, 3.05) is 37.8 Å². The van der Waals surface area contributed by atoms with Gasteiger partial charge >= 0.3 is 12.1 Å². The van der Waals surface area contributed by atoms with Crippen molar-refractivity contribution >= 4 is 29.4 Å². The summed E-state index contributed by atoms with van der Waals surface area (Å²) < 4.78 is 5.31. The van der Waals surface area contributed by atoms with Crippen LogP contribution >= 0.6 is 0 Å². The van der Waals surface area contributed by atoms with Crippen LogP contribution in [0.2, 0.25) is 0 Å². The molecule has 0 aliphatic heterocycles. The highest BCUT2D eigenvalue weighted by molar-refractivity contribution is 6.05. The maximum atomic E-state index is 12.9. The average molecular weight is 541 g/mol. The molecule has 0 spiro atoms. The van der Waals surface area contributed by atoms with E-state index < -0.39 is 17.6 Å². The predicted molar refractivity (Wildman–Crippen MR) is 155 cm³/mol. The minimum atomic E-state index is -0.650. The summed E-state index contributed by atoms with van der Waals surface area (Å²) in [5.74, 6) is -0.428. The van der Waals surface area contributed by atoms with Crippen LogP contribution in [0.3, 0.4) is 0 Å². The molecule has 0 saturated carbocycles. The molecule has 2 rings (SSSR count). The van der Waals surface area contributed by atoms with Gasteiger partial charge in [0, 0.05) is 12.7 Å². The van der Waals surface area contributed by atoms with Gasteiger partial charge in [-0.15, -0.1) is 0 Å². The van der Waals surface area contributed by atoms with Crippen molar-refractivity contribution in [2.24, 2.45) is 0 Å². The van der Waals surface area contributed by atoms with Crippen LogP contribution in [0.4, 0.5) is 21.0 Å². The van der Waals surface area contributed by atoms with Gasteiger partial charge in [-0.3, -0.25) is 15.1 Å². The molecule has 4 amide bonds. The number of hydrogen-bond acceptors (Lipinski definition) is 6. The second-order valence-corrected chi connectivity index (χ2v) is 10.7. The number of carbonyl (C=O) groups excluding carboxylic acids is 3. The number of pyridine rings is 1. The van der Waals surface area contributed by atoms with E-state index in [1.807, 2.05) is 14.1 Å². The normalized spacial score (nSPS) is 12.0. The molecule has 0 saturated heterocycles. The van der Waals surface area contributed by atoms with Crippen LogP contribution in [-0.4, -0.2) is 60.7 Å².